The van der Waals surface area contributed by atoms with Gasteiger partial charge >= 0.3 is 5.63 Å². The number of para-hydroxylation sites is 1. The Kier molecular flexibility index (Phi) is 5.29. The third-order valence-electron chi connectivity index (χ3n) is 6.87. The first-order valence-corrected chi connectivity index (χ1v) is 12.3. The molecule has 3 aromatic heterocycles. The summed E-state index contributed by atoms with van der Waals surface area (Å²) in [5.41, 5.74) is 6.01. The van der Waals surface area contributed by atoms with Crippen molar-refractivity contribution < 1.29 is 4.42 Å². The summed E-state index contributed by atoms with van der Waals surface area (Å²) in [6.45, 7) is 7.93. The Bertz CT molecular complexity index is 1780. The summed E-state index contributed by atoms with van der Waals surface area (Å²) in [6.07, 6.45) is 0. The van der Waals surface area contributed by atoms with Crippen molar-refractivity contribution in [3.05, 3.63) is 94.8 Å². The summed E-state index contributed by atoms with van der Waals surface area (Å²) in [4.78, 5) is 20.7. The molecular formula is C30H26N4O2. The van der Waals surface area contributed by atoms with E-state index in [1.807, 2.05) is 84.4 Å². The number of benzene rings is 3. The summed E-state index contributed by atoms with van der Waals surface area (Å²) in [5, 5.41) is 7.16. The summed E-state index contributed by atoms with van der Waals surface area (Å²) in [7, 11) is 0. The Morgan fingerprint density at radius 3 is 2.28 bits per heavy atom. The molecule has 6 aromatic rings. The number of anilines is 1. The van der Waals surface area contributed by atoms with E-state index < -0.39 is 0 Å². The Morgan fingerprint density at radius 1 is 0.889 bits per heavy atom. The molecule has 0 atom stereocenters. The molecule has 0 saturated heterocycles. The van der Waals surface area contributed by atoms with Gasteiger partial charge in [-0.15, -0.1) is 0 Å². The van der Waals surface area contributed by atoms with Gasteiger partial charge in [-0.3, -0.25) is 0 Å². The van der Waals surface area contributed by atoms with Crippen LogP contribution in [0.4, 0.5) is 5.69 Å². The number of nitrogens with zero attached hydrogens (tertiary/aromatic N) is 4. The van der Waals surface area contributed by atoms with Crippen molar-refractivity contribution in [2.45, 2.75) is 20.8 Å². The van der Waals surface area contributed by atoms with Crippen LogP contribution in [0.1, 0.15) is 19.4 Å². The number of aromatic nitrogens is 3. The lowest BCUT2D eigenvalue weighted by Gasteiger charge is -2.21. The highest BCUT2D eigenvalue weighted by Crippen LogP contribution is 2.36. The zero-order valence-corrected chi connectivity index (χ0v) is 20.5. The van der Waals surface area contributed by atoms with Gasteiger partial charge in [-0.05, 0) is 50.6 Å². The highest BCUT2D eigenvalue weighted by molar-refractivity contribution is 6.10. The van der Waals surface area contributed by atoms with Crippen LogP contribution in [0.5, 0.6) is 0 Å². The second-order valence-corrected chi connectivity index (χ2v) is 8.86. The molecule has 0 radical (unpaired) electrons. The second kappa shape index (κ2) is 8.64. The van der Waals surface area contributed by atoms with Gasteiger partial charge in [0.25, 0.3) is 0 Å². The predicted molar refractivity (Wildman–Crippen MR) is 146 cm³/mol. The van der Waals surface area contributed by atoms with E-state index in [0.29, 0.717) is 22.1 Å². The summed E-state index contributed by atoms with van der Waals surface area (Å²) in [6, 6.07) is 26.0. The van der Waals surface area contributed by atoms with Crippen LogP contribution in [0, 0.1) is 6.92 Å². The molecule has 0 saturated carbocycles. The van der Waals surface area contributed by atoms with Crippen LogP contribution < -0.4 is 10.5 Å². The van der Waals surface area contributed by atoms with Crippen LogP contribution in [0.15, 0.2) is 88.1 Å². The average Bonchev–Trinajstić information content (AvgIpc) is 3.30. The van der Waals surface area contributed by atoms with E-state index in [2.05, 4.69) is 24.8 Å². The second-order valence-electron chi connectivity index (χ2n) is 8.86. The molecule has 0 amide bonds. The first-order valence-electron chi connectivity index (χ1n) is 12.3. The van der Waals surface area contributed by atoms with Crippen molar-refractivity contribution in [2.75, 3.05) is 18.0 Å². The Hall–Kier alpha value is -4.45. The smallest absolute Gasteiger partial charge is 0.346 e. The van der Waals surface area contributed by atoms with Crippen molar-refractivity contribution >= 4 is 38.6 Å². The maximum absolute atomic E-state index is 13.4. The molecule has 36 heavy (non-hydrogen) atoms. The molecule has 0 bridgehead atoms. The van der Waals surface area contributed by atoms with Crippen LogP contribution in [0.2, 0.25) is 0 Å². The lowest BCUT2D eigenvalue weighted by atomic mass is 10.0. The van der Waals surface area contributed by atoms with Crippen LogP contribution in [0.3, 0.4) is 0 Å². The SMILES string of the molecule is CCN(CC)c1ccc2c(c1)oc(=O)c1c(C)c3c(-c4ccccc4)nn(-c4ccccc4)c3nc12. The zero-order valence-electron chi connectivity index (χ0n) is 20.5. The molecule has 0 unspecified atom stereocenters. The van der Waals surface area contributed by atoms with Gasteiger partial charge in [0.15, 0.2) is 5.65 Å². The van der Waals surface area contributed by atoms with E-state index in [4.69, 9.17) is 14.5 Å². The van der Waals surface area contributed by atoms with E-state index in [1.54, 1.807) is 0 Å². The molecule has 6 nitrogen and oxygen atoms in total. The van der Waals surface area contributed by atoms with E-state index in [0.717, 1.165) is 52.1 Å². The molecular weight excluding hydrogens is 448 g/mol. The van der Waals surface area contributed by atoms with Gasteiger partial charge in [0.1, 0.15) is 11.3 Å². The van der Waals surface area contributed by atoms with Crippen molar-refractivity contribution in [1.82, 2.24) is 14.8 Å². The number of hydrogen-bond acceptors (Lipinski definition) is 5. The Morgan fingerprint density at radius 2 is 1.58 bits per heavy atom. The quantitative estimate of drug-likeness (QED) is 0.211. The molecule has 3 aromatic carbocycles. The molecule has 0 N–H and O–H groups in total. The normalized spacial score (nSPS) is 11.5. The highest BCUT2D eigenvalue weighted by Gasteiger charge is 2.22. The summed E-state index contributed by atoms with van der Waals surface area (Å²) in [5.74, 6) is 0. The summed E-state index contributed by atoms with van der Waals surface area (Å²) >= 11 is 0. The lowest BCUT2D eigenvalue weighted by Crippen LogP contribution is -2.21. The number of aryl methyl sites for hydroxylation is 1. The maximum atomic E-state index is 13.4. The van der Waals surface area contributed by atoms with Gasteiger partial charge in [0, 0.05) is 35.8 Å². The van der Waals surface area contributed by atoms with Gasteiger partial charge < -0.3 is 9.32 Å². The largest absolute Gasteiger partial charge is 0.422 e. The van der Waals surface area contributed by atoms with Crippen LogP contribution in [-0.2, 0) is 0 Å². The standard InChI is InChI=1S/C30H26N4O2/c1-4-33(5-2)22-16-17-23-24(18-22)36-30(35)26-19(3)25-27(20-12-8-6-9-13-20)32-34(29(25)31-28(23)26)21-14-10-7-11-15-21/h6-18H,4-5H2,1-3H3. The molecule has 6 heteroatoms. The van der Waals surface area contributed by atoms with E-state index in [-0.39, 0.29) is 5.63 Å². The fraction of sp³-hybridized carbons (Fsp3) is 0.167. The highest BCUT2D eigenvalue weighted by atomic mass is 16.4. The van der Waals surface area contributed by atoms with Crippen molar-refractivity contribution in [3.8, 4) is 16.9 Å². The fourth-order valence-corrected chi connectivity index (χ4v) is 5.04. The predicted octanol–water partition coefficient (Wildman–Crippen LogP) is 6.50. The topological polar surface area (TPSA) is 64.2 Å². The third-order valence-corrected chi connectivity index (χ3v) is 6.87. The van der Waals surface area contributed by atoms with Gasteiger partial charge in [0.05, 0.1) is 22.0 Å². The molecule has 6 rings (SSSR count). The first-order chi connectivity index (χ1) is 17.6. The number of pyridine rings is 1. The Labute approximate surface area is 208 Å². The molecule has 0 fully saturated rings. The first kappa shape index (κ1) is 22.0. The van der Waals surface area contributed by atoms with E-state index >= 15 is 0 Å². The molecule has 0 aliphatic rings. The minimum absolute atomic E-state index is 0.382. The van der Waals surface area contributed by atoms with Crippen molar-refractivity contribution in [1.29, 1.82) is 0 Å². The molecule has 3 heterocycles. The number of fused-ring (bicyclic) bond motifs is 4. The van der Waals surface area contributed by atoms with Gasteiger partial charge in [-0.1, -0.05) is 48.5 Å². The van der Waals surface area contributed by atoms with Crippen molar-refractivity contribution in [2.24, 2.45) is 0 Å². The van der Waals surface area contributed by atoms with Gasteiger partial charge in [-0.2, -0.15) is 5.10 Å². The monoisotopic (exact) mass is 474 g/mol. The van der Waals surface area contributed by atoms with Gasteiger partial charge in [0.2, 0.25) is 0 Å². The number of rotatable bonds is 5. The van der Waals surface area contributed by atoms with E-state index in [9.17, 15) is 4.79 Å². The zero-order chi connectivity index (χ0) is 24.8. The van der Waals surface area contributed by atoms with Gasteiger partial charge in [-0.25, -0.2) is 14.5 Å². The summed E-state index contributed by atoms with van der Waals surface area (Å²) < 4.78 is 7.74. The lowest BCUT2D eigenvalue weighted by molar-refractivity contribution is 0.569. The van der Waals surface area contributed by atoms with Crippen LogP contribution >= 0.6 is 0 Å². The van der Waals surface area contributed by atoms with E-state index in [1.165, 1.54) is 0 Å². The minimum Gasteiger partial charge on any atom is -0.422 e. The van der Waals surface area contributed by atoms with Crippen LogP contribution in [-0.4, -0.2) is 27.9 Å². The molecule has 0 aliphatic carbocycles. The molecule has 0 aliphatic heterocycles. The van der Waals surface area contributed by atoms with Crippen LogP contribution in [0.25, 0.3) is 49.9 Å². The minimum atomic E-state index is -0.382. The number of hydrogen-bond donors (Lipinski definition) is 0. The third kappa shape index (κ3) is 3.37. The maximum Gasteiger partial charge on any atom is 0.346 e. The van der Waals surface area contributed by atoms with Crippen molar-refractivity contribution in [3.63, 3.8) is 0 Å². The Balaban J connectivity index is 1.73. The fourth-order valence-electron chi connectivity index (χ4n) is 5.04. The average molecular weight is 475 g/mol. The molecule has 178 valence electrons. The molecule has 0 spiro atoms.